The molecule has 122 valence electrons. The Kier molecular flexibility index (Phi) is 6.57. The van der Waals surface area contributed by atoms with E-state index in [1.807, 2.05) is 11.0 Å². The minimum Gasteiger partial charge on any atom is -0.339 e. The smallest absolute Gasteiger partial charge is 0.255 e. The first-order valence-corrected chi connectivity index (χ1v) is 8.80. The molecule has 0 bridgehead atoms. The van der Waals surface area contributed by atoms with Crippen LogP contribution in [-0.2, 0) is 0 Å². The van der Waals surface area contributed by atoms with Crippen molar-refractivity contribution in [2.45, 2.75) is 31.7 Å². The van der Waals surface area contributed by atoms with Crippen molar-refractivity contribution in [3.63, 3.8) is 0 Å². The van der Waals surface area contributed by atoms with Crippen LogP contribution in [0.25, 0.3) is 0 Å². The molecule has 1 amide bonds. The van der Waals surface area contributed by atoms with E-state index in [4.69, 9.17) is 11.6 Å². The molecule has 0 saturated carbocycles. The van der Waals surface area contributed by atoms with E-state index in [9.17, 15) is 4.79 Å². The summed E-state index contributed by atoms with van der Waals surface area (Å²) in [6.07, 6.45) is 4.78. The van der Waals surface area contributed by atoms with Gasteiger partial charge in [-0.25, -0.2) is 0 Å². The number of benzene rings is 1. The van der Waals surface area contributed by atoms with Gasteiger partial charge in [-0.05, 0) is 72.3 Å². The number of carbonyl (C=O) groups is 1. The Labute approximate surface area is 151 Å². The molecule has 3 nitrogen and oxygen atoms in total. The van der Waals surface area contributed by atoms with Crippen molar-refractivity contribution in [3.05, 3.63) is 33.3 Å². The lowest BCUT2D eigenvalue weighted by Gasteiger charge is -2.35. The molecule has 6 heteroatoms. The molecule has 1 unspecified atom stereocenters. The van der Waals surface area contributed by atoms with Crippen LogP contribution in [0.4, 0.5) is 0 Å². The van der Waals surface area contributed by atoms with Crippen molar-refractivity contribution >= 4 is 45.8 Å². The van der Waals surface area contributed by atoms with Crippen LogP contribution >= 0.6 is 39.9 Å². The molecular weight excluding hydrogens is 387 g/mol. The van der Waals surface area contributed by atoms with E-state index in [-0.39, 0.29) is 18.3 Å². The third-order valence-electron chi connectivity index (χ3n) is 4.65. The van der Waals surface area contributed by atoms with Crippen LogP contribution in [0, 0.1) is 5.92 Å². The Morgan fingerprint density at radius 2 is 2.00 bits per heavy atom. The maximum absolute atomic E-state index is 12.6. The summed E-state index contributed by atoms with van der Waals surface area (Å²) >= 11 is 9.46. The van der Waals surface area contributed by atoms with Gasteiger partial charge in [0.15, 0.2) is 0 Å². The topological polar surface area (TPSA) is 32.3 Å². The van der Waals surface area contributed by atoms with E-state index >= 15 is 0 Å². The van der Waals surface area contributed by atoms with E-state index in [0.717, 1.165) is 42.9 Å². The van der Waals surface area contributed by atoms with Gasteiger partial charge < -0.3 is 10.2 Å². The second-order valence-corrected chi connectivity index (χ2v) is 7.25. The van der Waals surface area contributed by atoms with Crippen LogP contribution in [0.5, 0.6) is 0 Å². The molecule has 0 aromatic heterocycles. The first-order valence-electron chi connectivity index (χ1n) is 7.63. The SMILES string of the molecule is Cl.O=C(c1cc(Cl)ccc1Br)N1CCC(C2CCCN2)CC1. The molecule has 2 heterocycles. The number of rotatable bonds is 2. The van der Waals surface area contributed by atoms with Crippen molar-refractivity contribution in [1.29, 1.82) is 0 Å². The van der Waals surface area contributed by atoms with Crippen LogP contribution in [0.3, 0.4) is 0 Å². The van der Waals surface area contributed by atoms with Gasteiger partial charge in [-0.2, -0.15) is 0 Å². The summed E-state index contributed by atoms with van der Waals surface area (Å²) in [6.45, 7) is 2.85. The molecule has 2 aliphatic heterocycles. The highest BCUT2D eigenvalue weighted by atomic mass is 79.9. The Morgan fingerprint density at radius 3 is 2.64 bits per heavy atom. The molecule has 2 aliphatic rings. The third-order valence-corrected chi connectivity index (χ3v) is 5.58. The maximum atomic E-state index is 12.6. The fraction of sp³-hybridized carbons (Fsp3) is 0.562. The zero-order chi connectivity index (χ0) is 14.8. The predicted octanol–water partition coefficient (Wildman–Crippen LogP) is 4.13. The molecule has 1 N–H and O–H groups in total. The standard InChI is InChI=1S/C16H20BrClN2O.ClH/c17-14-4-3-12(18)10-13(14)16(21)20-8-5-11(6-9-20)15-2-1-7-19-15;/h3-4,10-11,15,19H,1-2,5-9H2;1H. The molecule has 2 saturated heterocycles. The molecule has 3 rings (SSSR count). The van der Waals surface area contributed by atoms with Crippen LogP contribution < -0.4 is 5.32 Å². The summed E-state index contributed by atoms with van der Waals surface area (Å²) < 4.78 is 0.816. The quantitative estimate of drug-likeness (QED) is 0.799. The summed E-state index contributed by atoms with van der Waals surface area (Å²) in [5, 5.41) is 4.19. The summed E-state index contributed by atoms with van der Waals surface area (Å²) in [4.78, 5) is 14.6. The number of nitrogens with one attached hydrogen (secondary N) is 1. The fourth-order valence-corrected chi connectivity index (χ4v) is 4.04. The van der Waals surface area contributed by atoms with Gasteiger partial charge >= 0.3 is 0 Å². The van der Waals surface area contributed by atoms with Gasteiger partial charge in [-0.3, -0.25) is 4.79 Å². The van der Waals surface area contributed by atoms with Crippen molar-refractivity contribution in [2.75, 3.05) is 19.6 Å². The second-order valence-electron chi connectivity index (χ2n) is 5.96. The highest BCUT2D eigenvalue weighted by Gasteiger charge is 2.30. The Balaban J connectivity index is 0.00000176. The largest absolute Gasteiger partial charge is 0.339 e. The lowest BCUT2D eigenvalue weighted by atomic mass is 9.88. The Hall–Kier alpha value is -0.290. The minimum absolute atomic E-state index is 0. The van der Waals surface area contributed by atoms with Crippen molar-refractivity contribution < 1.29 is 4.79 Å². The summed E-state index contributed by atoms with van der Waals surface area (Å²) in [5.74, 6) is 0.807. The van der Waals surface area contributed by atoms with Crippen LogP contribution in [0.15, 0.2) is 22.7 Å². The first-order chi connectivity index (χ1) is 10.1. The average molecular weight is 408 g/mol. The highest BCUT2D eigenvalue weighted by Crippen LogP contribution is 2.28. The number of carbonyl (C=O) groups excluding carboxylic acids is 1. The zero-order valence-electron chi connectivity index (χ0n) is 12.4. The number of amides is 1. The zero-order valence-corrected chi connectivity index (χ0v) is 15.5. The molecule has 0 spiro atoms. The number of hydrogen-bond donors (Lipinski definition) is 1. The van der Waals surface area contributed by atoms with E-state index in [2.05, 4.69) is 21.2 Å². The van der Waals surface area contributed by atoms with Gasteiger partial charge in [0, 0.05) is 28.6 Å². The third kappa shape index (κ3) is 3.97. The summed E-state index contributed by atoms with van der Waals surface area (Å²) in [5.41, 5.74) is 0.667. The second kappa shape index (κ2) is 8.00. The predicted molar refractivity (Wildman–Crippen MR) is 96.1 cm³/mol. The van der Waals surface area contributed by atoms with Crippen LogP contribution in [0.2, 0.25) is 5.02 Å². The highest BCUT2D eigenvalue weighted by molar-refractivity contribution is 9.10. The van der Waals surface area contributed by atoms with Gasteiger partial charge in [0.1, 0.15) is 0 Å². The lowest BCUT2D eigenvalue weighted by molar-refractivity contribution is 0.0673. The summed E-state index contributed by atoms with van der Waals surface area (Å²) in [7, 11) is 0. The number of hydrogen-bond acceptors (Lipinski definition) is 2. The molecular formula is C16H21BrCl2N2O. The Bertz CT molecular complexity index is 527. The minimum atomic E-state index is 0. The van der Waals surface area contributed by atoms with Crippen molar-refractivity contribution in [1.82, 2.24) is 10.2 Å². The van der Waals surface area contributed by atoms with E-state index in [1.165, 1.54) is 12.8 Å². The fourth-order valence-electron chi connectivity index (χ4n) is 3.45. The van der Waals surface area contributed by atoms with Crippen LogP contribution in [0.1, 0.15) is 36.0 Å². The van der Waals surface area contributed by atoms with Crippen LogP contribution in [-0.4, -0.2) is 36.5 Å². The number of piperidine rings is 1. The van der Waals surface area contributed by atoms with Crippen molar-refractivity contribution in [3.8, 4) is 0 Å². The normalized spacial score (nSPS) is 22.5. The van der Waals surface area contributed by atoms with E-state index < -0.39 is 0 Å². The Morgan fingerprint density at radius 1 is 1.27 bits per heavy atom. The average Bonchev–Trinajstić information content (AvgIpc) is 3.03. The monoisotopic (exact) mass is 406 g/mol. The molecule has 1 aromatic rings. The number of likely N-dealkylation sites (tertiary alicyclic amines) is 1. The number of nitrogens with zero attached hydrogens (tertiary/aromatic N) is 1. The number of halogens is 3. The van der Waals surface area contributed by atoms with Gasteiger partial charge in [0.25, 0.3) is 5.91 Å². The molecule has 0 radical (unpaired) electrons. The molecule has 22 heavy (non-hydrogen) atoms. The first kappa shape index (κ1) is 18.1. The molecule has 1 aromatic carbocycles. The molecule has 0 aliphatic carbocycles. The molecule has 1 atom stereocenters. The molecule has 2 fully saturated rings. The van der Waals surface area contributed by atoms with Gasteiger partial charge in [-0.1, -0.05) is 11.6 Å². The van der Waals surface area contributed by atoms with Gasteiger partial charge in [0.05, 0.1) is 5.56 Å². The van der Waals surface area contributed by atoms with Gasteiger partial charge in [0.2, 0.25) is 0 Å². The maximum Gasteiger partial charge on any atom is 0.255 e. The van der Waals surface area contributed by atoms with E-state index in [0.29, 0.717) is 16.6 Å². The van der Waals surface area contributed by atoms with E-state index in [1.54, 1.807) is 12.1 Å². The van der Waals surface area contributed by atoms with Gasteiger partial charge in [-0.15, -0.1) is 12.4 Å². The summed E-state index contributed by atoms with van der Waals surface area (Å²) in [6, 6.07) is 6.05. The lowest BCUT2D eigenvalue weighted by Crippen LogP contribution is -2.43. The van der Waals surface area contributed by atoms with Crippen molar-refractivity contribution in [2.24, 2.45) is 5.92 Å².